The largest absolute Gasteiger partial charge is 0.506 e. The maximum Gasteiger partial charge on any atom is 0.266 e. The lowest BCUT2D eigenvalue weighted by Crippen LogP contribution is -2.33. The van der Waals surface area contributed by atoms with Crippen molar-refractivity contribution in [2.45, 2.75) is 37.5 Å². The molecule has 1 aliphatic heterocycles. The van der Waals surface area contributed by atoms with Gasteiger partial charge in [-0.1, -0.05) is 43.2 Å². The predicted octanol–water partition coefficient (Wildman–Crippen LogP) is 6.20. The van der Waals surface area contributed by atoms with Gasteiger partial charge in [0.2, 0.25) is 0 Å². The van der Waals surface area contributed by atoms with Gasteiger partial charge >= 0.3 is 0 Å². The fraction of sp³-hybridized carbons (Fsp3) is 0.179. The molecule has 2 aliphatic rings. The number of benzene rings is 4. The predicted molar refractivity (Wildman–Crippen MR) is 178 cm³/mol. The first-order valence-electron chi connectivity index (χ1n) is 15.1. The van der Waals surface area contributed by atoms with E-state index in [-0.39, 0.29) is 45.1 Å². The fourth-order valence-electron chi connectivity index (χ4n) is 6.77. The zero-order chi connectivity index (χ0) is 33.5. The van der Waals surface area contributed by atoms with Crippen molar-refractivity contribution in [3.63, 3.8) is 0 Å². The number of amides is 3. The molecule has 8 heteroatoms. The second kappa shape index (κ2) is 12.0. The van der Waals surface area contributed by atoms with Crippen LogP contribution in [-0.2, 0) is 5.41 Å². The molecule has 8 nitrogen and oxygen atoms in total. The lowest BCUT2D eigenvalue weighted by Gasteiger charge is -2.39. The number of carbonyl (C=O) groups excluding carboxylic acids is 4. The van der Waals surface area contributed by atoms with Gasteiger partial charge < -0.3 is 15.1 Å². The van der Waals surface area contributed by atoms with Crippen LogP contribution in [-0.4, -0.2) is 41.3 Å². The molecule has 2 N–H and O–H groups in total. The molecule has 0 spiro atoms. The molecule has 0 radical (unpaired) electrons. The molecule has 232 valence electrons. The first kappa shape index (κ1) is 30.9. The van der Waals surface area contributed by atoms with Crippen molar-refractivity contribution in [1.29, 1.82) is 0 Å². The van der Waals surface area contributed by atoms with Gasteiger partial charge in [0, 0.05) is 29.2 Å². The molecule has 1 heterocycles. The fourth-order valence-corrected chi connectivity index (χ4v) is 6.77. The Morgan fingerprint density at radius 2 is 1.43 bits per heavy atom. The number of imide groups is 1. The Bertz CT molecular complexity index is 2080. The summed E-state index contributed by atoms with van der Waals surface area (Å²) in [5.41, 5.74) is 2.80. The number of phenols is 2. The van der Waals surface area contributed by atoms with Gasteiger partial charge in [0.05, 0.1) is 28.1 Å². The first-order chi connectivity index (χ1) is 22.6. The number of aromatic hydroxyl groups is 2. The van der Waals surface area contributed by atoms with E-state index in [9.17, 15) is 29.4 Å². The van der Waals surface area contributed by atoms with Gasteiger partial charge in [-0.05, 0) is 84.6 Å². The van der Waals surface area contributed by atoms with Gasteiger partial charge in [-0.15, -0.1) is 12.8 Å². The number of nitrogens with zero attached hydrogens (tertiary/aromatic N) is 2. The summed E-state index contributed by atoms with van der Waals surface area (Å²) >= 11 is 0. The summed E-state index contributed by atoms with van der Waals surface area (Å²) < 4.78 is 0. The molecule has 0 unspecified atom stereocenters. The maximum absolute atomic E-state index is 13.6. The van der Waals surface area contributed by atoms with Gasteiger partial charge in [0.15, 0.2) is 6.29 Å². The smallest absolute Gasteiger partial charge is 0.266 e. The molecular weight excluding hydrogens is 592 g/mol. The van der Waals surface area contributed by atoms with Crippen LogP contribution in [0.2, 0.25) is 0 Å². The number of carbonyl (C=O) groups is 4. The van der Waals surface area contributed by atoms with Crippen molar-refractivity contribution >= 4 is 35.4 Å². The summed E-state index contributed by atoms with van der Waals surface area (Å²) in [6.45, 7) is 0. The number of terminal acetylenes is 2. The van der Waals surface area contributed by atoms with Crippen LogP contribution < -0.4 is 9.80 Å². The van der Waals surface area contributed by atoms with Crippen LogP contribution in [0.5, 0.6) is 11.5 Å². The summed E-state index contributed by atoms with van der Waals surface area (Å²) in [7, 11) is 1.52. The van der Waals surface area contributed by atoms with Gasteiger partial charge in [-0.25, -0.2) is 4.90 Å². The van der Waals surface area contributed by atoms with Gasteiger partial charge in [-0.2, -0.15) is 0 Å². The molecule has 4 aromatic carbocycles. The summed E-state index contributed by atoms with van der Waals surface area (Å²) in [6, 6.07) is 19.2. The summed E-state index contributed by atoms with van der Waals surface area (Å²) in [5, 5.41) is 21.9. The van der Waals surface area contributed by atoms with E-state index in [2.05, 4.69) is 11.8 Å². The highest BCUT2D eigenvalue weighted by Crippen LogP contribution is 2.49. The van der Waals surface area contributed by atoms with Crippen molar-refractivity contribution in [3.8, 4) is 36.2 Å². The number of phenolic OH excluding ortho intramolecular Hbond substituents is 2. The summed E-state index contributed by atoms with van der Waals surface area (Å²) in [4.78, 5) is 54.7. The first-order valence-corrected chi connectivity index (χ1v) is 15.1. The molecule has 0 bridgehead atoms. The normalized spacial score (nSPS) is 15.0. The van der Waals surface area contributed by atoms with E-state index in [1.165, 1.54) is 48.3 Å². The number of hydrogen-bond donors (Lipinski definition) is 2. The van der Waals surface area contributed by atoms with Crippen LogP contribution in [0.4, 0.5) is 11.4 Å². The summed E-state index contributed by atoms with van der Waals surface area (Å²) in [5.74, 6) is 2.92. The molecular formula is C39H30N2O6. The van der Waals surface area contributed by atoms with Crippen LogP contribution >= 0.6 is 0 Å². The number of anilines is 2. The zero-order valence-electron chi connectivity index (χ0n) is 25.6. The SMILES string of the molecule is C#Cc1ccc(C(=O)N(C)c2cc(C3(c4ccc(O)c(N5C(=O)c6ccc(C#C)cc6C5=O)c4)CCCCC3)ccc2O)c(C=O)c1. The van der Waals surface area contributed by atoms with Crippen LogP contribution in [0.25, 0.3) is 0 Å². The molecule has 1 fully saturated rings. The van der Waals surface area contributed by atoms with Crippen molar-refractivity contribution in [3.05, 3.63) is 117 Å². The van der Waals surface area contributed by atoms with Gasteiger partial charge in [-0.3, -0.25) is 19.2 Å². The molecule has 47 heavy (non-hydrogen) atoms. The van der Waals surface area contributed by atoms with E-state index in [1.807, 2.05) is 0 Å². The van der Waals surface area contributed by atoms with Crippen LogP contribution in [0.1, 0.15) is 95.8 Å². The Balaban J connectivity index is 1.42. The van der Waals surface area contributed by atoms with E-state index >= 15 is 0 Å². The Labute approximate surface area is 272 Å². The zero-order valence-corrected chi connectivity index (χ0v) is 25.6. The highest BCUT2D eigenvalue weighted by Gasteiger charge is 2.41. The average Bonchev–Trinajstić information content (AvgIpc) is 3.35. The highest BCUT2D eigenvalue weighted by molar-refractivity contribution is 6.35. The quantitative estimate of drug-likeness (QED) is 0.150. The molecule has 1 aliphatic carbocycles. The number of rotatable bonds is 6. The Morgan fingerprint density at radius 1 is 0.809 bits per heavy atom. The average molecular weight is 623 g/mol. The van der Waals surface area contributed by atoms with E-state index < -0.39 is 23.1 Å². The van der Waals surface area contributed by atoms with E-state index in [4.69, 9.17) is 12.8 Å². The third-order valence-electron chi connectivity index (χ3n) is 9.30. The molecule has 0 aromatic heterocycles. The van der Waals surface area contributed by atoms with Crippen LogP contribution in [0.15, 0.2) is 72.8 Å². The summed E-state index contributed by atoms with van der Waals surface area (Å²) in [6.07, 6.45) is 15.7. The van der Waals surface area contributed by atoms with Crippen molar-refractivity contribution < 1.29 is 29.4 Å². The lowest BCUT2D eigenvalue weighted by atomic mass is 9.65. The molecule has 4 aromatic rings. The van der Waals surface area contributed by atoms with Crippen molar-refractivity contribution in [2.24, 2.45) is 0 Å². The van der Waals surface area contributed by atoms with Gasteiger partial charge in [0.1, 0.15) is 11.5 Å². The molecule has 3 amide bonds. The molecule has 0 saturated heterocycles. The lowest BCUT2D eigenvalue weighted by molar-refractivity contribution is 0.0923. The third kappa shape index (κ3) is 5.10. The topological polar surface area (TPSA) is 115 Å². The van der Waals surface area contributed by atoms with E-state index in [1.54, 1.807) is 36.4 Å². The Morgan fingerprint density at radius 3 is 2.11 bits per heavy atom. The third-order valence-corrected chi connectivity index (χ3v) is 9.30. The second-order valence-electron chi connectivity index (χ2n) is 11.8. The van der Waals surface area contributed by atoms with E-state index in [0.717, 1.165) is 35.3 Å². The second-order valence-corrected chi connectivity index (χ2v) is 11.8. The highest BCUT2D eigenvalue weighted by atomic mass is 16.3. The maximum atomic E-state index is 13.6. The number of fused-ring (bicyclic) bond motifs is 1. The van der Waals surface area contributed by atoms with Crippen molar-refractivity contribution in [1.82, 2.24) is 0 Å². The molecule has 1 saturated carbocycles. The number of aldehydes is 1. The Hall–Kier alpha value is -6.12. The number of hydrogen-bond acceptors (Lipinski definition) is 6. The van der Waals surface area contributed by atoms with Gasteiger partial charge in [0.25, 0.3) is 17.7 Å². The monoisotopic (exact) mass is 622 g/mol. The molecule has 0 atom stereocenters. The minimum absolute atomic E-state index is 0.0593. The van der Waals surface area contributed by atoms with Crippen LogP contribution in [0.3, 0.4) is 0 Å². The molecule has 6 rings (SSSR count). The standard InChI is InChI=1S/C39H30N2O6/c1-4-24-9-13-29(26(19-24)23-42)36(45)40(3)32-21-27(11-15-34(32)43)39(17-7-6-8-18-39)28-12-16-35(44)33(22-28)41-37(46)30-14-10-25(5-2)20-31(30)38(41)47/h1-2,9-16,19-23,43-44H,6-8,17-18H2,3H3. The van der Waals surface area contributed by atoms with Crippen LogP contribution in [0, 0.1) is 24.7 Å². The minimum atomic E-state index is -0.634. The van der Waals surface area contributed by atoms with E-state index in [0.29, 0.717) is 30.3 Å². The Kier molecular flexibility index (Phi) is 7.89. The minimum Gasteiger partial charge on any atom is -0.506 e. The van der Waals surface area contributed by atoms with Crippen molar-refractivity contribution in [2.75, 3.05) is 16.8 Å².